The van der Waals surface area contributed by atoms with Crippen LogP contribution >= 0.6 is 11.7 Å². The van der Waals surface area contributed by atoms with Gasteiger partial charge in [0.2, 0.25) is 5.88 Å². The molecule has 6 rings (SSSR count). The summed E-state index contributed by atoms with van der Waals surface area (Å²) < 4.78 is 39.1. The summed E-state index contributed by atoms with van der Waals surface area (Å²) in [6, 6.07) is 24.5. The summed E-state index contributed by atoms with van der Waals surface area (Å²) in [5.74, 6) is 2.33. The minimum absolute atomic E-state index is 0.122. The number of methoxy groups -OCH3 is 3. The normalized spacial score (nSPS) is 11.0. The maximum absolute atomic E-state index is 12.1. The zero-order valence-corrected chi connectivity index (χ0v) is 24.4. The molecule has 0 radical (unpaired) electrons. The van der Waals surface area contributed by atoms with E-state index < -0.39 is 6.16 Å². The molecular weight excluding hydrogens is 570 g/mol. The number of fused-ring (bicyclic) bond motifs is 2. The molecular formula is C32H27N3O7S. The molecule has 0 aliphatic heterocycles. The maximum atomic E-state index is 12.1. The van der Waals surface area contributed by atoms with Gasteiger partial charge in [-0.25, -0.2) is 4.79 Å². The summed E-state index contributed by atoms with van der Waals surface area (Å²) >= 11 is 1.11. The second-order valence-corrected chi connectivity index (χ2v) is 10.1. The van der Waals surface area contributed by atoms with Crippen LogP contribution in [-0.2, 0) is 13.2 Å². The lowest BCUT2D eigenvalue weighted by molar-refractivity contribution is 0.141. The molecule has 0 unspecified atom stereocenters. The minimum Gasteiger partial charge on any atom is -0.497 e. The molecule has 0 amide bonds. The molecule has 0 fully saturated rings. The highest BCUT2D eigenvalue weighted by Gasteiger charge is 2.26. The molecule has 1 N–H and O–H groups in total. The molecule has 0 aliphatic rings. The number of carboxylic acid groups (broad SMARTS) is 1. The Morgan fingerprint density at radius 3 is 2.37 bits per heavy atom. The number of carbonyl (C=O) groups is 1. The van der Waals surface area contributed by atoms with E-state index in [0.29, 0.717) is 57.2 Å². The minimum atomic E-state index is -1.45. The number of hydrogen-bond donors (Lipinski definition) is 1. The third-order valence-electron chi connectivity index (χ3n) is 7.08. The number of nitrogens with zero attached hydrogens (tertiary/aromatic N) is 3. The third kappa shape index (κ3) is 5.50. The summed E-state index contributed by atoms with van der Waals surface area (Å²) in [5, 5.41) is 10.6. The van der Waals surface area contributed by atoms with Gasteiger partial charge in [-0.05, 0) is 47.5 Å². The van der Waals surface area contributed by atoms with E-state index in [9.17, 15) is 9.90 Å². The van der Waals surface area contributed by atoms with Crippen molar-refractivity contribution in [1.82, 2.24) is 13.3 Å². The first-order valence-corrected chi connectivity index (χ1v) is 14.0. The van der Waals surface area contributed by atoms with E-state index in [1.165, 1.54) is 0 Å². The Morgan fingerprint density at radius 1 is 0.837 bits per heavy atom. The molecule has 0 bridgehead atoms. The lowest BCUT2D eigenvalue weighted by atomic mass is 10.0. The molecule has 11 heteroatoms. The van der Waals surface area contributed by atoms with Crippen LogP contribution in [0.4, 0.5) is 4.79 Å². The van der Waals surface area contributed by atoms with Crippen LogP contribution < -0.4 is 23.7 Å². The average Bonchev–Trinajstić information content (AvgIpc) is 3.61. The number of aromatic nitrogens is 3. The molecule has 0 spiro atoms. The van der Waals surface area contributed by atoms with Crippen molar-refractivity contribution in [1.29, 1.82) is 0 Å². The third-order valence-corrected chi connectivity index (χ3v) is 7.64. The predicted molar refractivity (Wildman–Crippen MR) is 163 cm³/mol. The molecule has 0 saturated carbocycles. The van der Waals surface area contributed by atoms with Gasteiger partial charge in [-0.2, -0.15) is 8.75 Å². The Bertz CT molecular complexity index is 1930. The van der Waals surface area contributed by atoms with E-state index in [4.69, 9.17) is 23.7 Å². The van der Waals surface area contributed by atoms with Crippen LogP contribution in [0.5, 0.6) is 28.9 Å². The smallest absolute Gasteiger partial charge is 0.497 e. The molecule has 0 atom stereocenters. The van der Waals surface area contributed by atoms with Crippen LogP contribution in [0.25, 0.3) is 33.1 Å². The largest absolute Gasteiger partial charge is 0.512 e. The van der Waals surface area contributed by atoms with Crippen molar-refractivity contribution in [2.45, 2.75) is 13.2 Å². The maximum Gasteiger partial charge on any atom is 0.512 e. The van der Waals surface area contributed by atoms with E-state index in [1.54, 1.807) is 38.0 Å². The fourth-order valence-corrected chi connectivity index (χ4v) is 5.60. The van der Waals surface area contributed by atoms with Crippen molar-refractivity contribution in [3.63, 3.8) is 0 Å². The zero-order valence-electron chi connectivity index (χ0n) is 23.6. The van der Waals surface area contributed by atoms with Crippen molar-refractivity contribution >= 4 is 39.8 Å². The van der Waals surface area contributed by atoms with E-state index >= 15 is 0 Å². The van der Waals surface area contributed by atoms with E-state index in [-0.39, 0.29) is 12.4 Å². The lowest BCUT2D eigenvalue weighted by Crippen LogP contribution is -2.10. The molecule has 4 aromatic carbocycles. The molecule has 218 valence electrons. The highest BCUT2D eigenvalue weighted by molar-refractivity contribution is 7.00. The second kappa shape index (κ2) is 11.9. The Kier molecular flexibility index (Phi) is 7.71. The molecule has 2 heterocycles. The van der Waals surface area contributed by atoms with Gasteiger partial charge in [-0.15, -0.1) is 0 Å². The van der Waals surface area contributed by atoms with Crippen LogP contribution in [0, 0.1) is 0 Å². The van der Waals surface area contributed by atoms with Gasteiger partial charge in [-0.1, -0.05) is 36.4 Å². The van der Waals surface area contributed by atoms with Crippen LogP contribution in [0.2, 0.25) is 0 Å². The van der Waals surface area contributed by atoms with Crippen LogP contribution in [0.3, 0.4) is 0 Å². The standard InChI is InChI=1S/C32H27N3O7S/c1-38-22-10-12-27(39-2)21(13-22)17-35-26-16-29(41-18-19-7-5-4-6-8-19)28(40-3)15-23(26)30(31(35)42-32(36)37)20-9-11-24-25(14-20)34-43-33-24/h4-16H,17-18H2,1-3H3,(H,36,37). The predicted octanol–water partition coefficient (Wildman–Crippen LogP) is 7.02. The Morgan fingerprint density at radius 2 is 1.63 bits per heavy atom. The van der Waals surface area contributed by atoms with Gasteiger partial charge < -0.3 is 33.4 Å². The summed E-state index contributed by atoms with van der Waals surface area (Å²) in [6.45, 7) is 0.510. The van der Waals surface area contributed by atoms with Crippen LogP contribution in [0.15, 0.2) is 78.9 Å². The Hall–Kier alpha value is -5.29. The fraction of sp³-hybridized carbons (Fsp3) is 0.156. The first-order valence-electron chi connectivity index (χ1n) is 13.2. The van der Waals surface area contributed by atoms with Crippen molar-refractivity contribution in [3.8, 4) is 40.0 Å². The SMILES string of the molecule is COc1ccc(OC)c(Cn2c(OC(=O)O)c(-c3ccc4nsnc4c3)c3cc(OC)c(OCc4ccccc4)cc32)c1. The lowest BCUT2D eigenvalue weighted by Gasteiger charge is -2.15. The first-order chi connectivity index (χ1) is 21.0. The van der Waals surface area contributed by atoms with Gasteiger partial charge in [0.1, 0.15) is 29.1 Å². The zero-order chi connectivity index (χ0) is 29.9. The van der Waals surface area contributed by atoms with Crippen molar-refractivity contribution in [3.05, 3.63) is 90.0 Å². The van der Waals surface area contributed by atoms with E-state index in [1.807, 2.05) is 66.7 Å². The van der Waals surface area contributed by atoms with Gasteiger partial charge in [0.25, 0.3) is 0 Å². The quantitative estimate of drug-likeness (QED) is 0.166. The molecule has 0 saturated heterocycles. The van der Waals surface area contributed by atoms with Crippen molar-refractivity contribution in [2.24, 2.45) is 0 Å². The number of ether oxygens (including phenoxy) is 5. The molecule has 0 aliphatic carbocycles. The molecule has 2 aromatic heterocycles. The summed E-state index contributed by atoms with van der Waals surface area (Å²) in [7, 11) is 4.73. The van der Waals surface area contributed by atoms with Crippen LogP contribution in [0.1, 0.15) is 11.1 Å². The Balaban J connectivity index is 1.60. The van der Waals surface area contributed by atoms with Gasteiger partial charge in [0, 0.05) is 17.0 Å². The summed E-state index contributed by atoms with van der Waals surface area (Å²) in [5.41, 5.74) is 5.10. The first kappa shape index (κ1) is 27.9. The number of rotatable bonds is 10. The Labute approximate surface area is 250 Å². The topological polar surface area (TPSA) is 114 Å². The second-order valence-electron chi connectivity index (χ2n) is 9.57. The molecule has 10 nitrogen and oxygen atoms in total. The van der Waals surface area contributed by atoms with Gasteiger partial charge in [0.05, 0.1) is 50.7 Å². The highest BCUT2D eigenvalue weighted by Crippen LogP contribution is 2.46. The molecule has 6 aromatic rings. The summed E-state index contributed by atoms with van der Waals surface area (Å²) in [4.78, 5) is 12.1. The fourth-order valence-electron chi connectivity index (χ4n) is 5.08. The van der Waals surface area contributed by atoms with Gasteiger partial charge >= 0.3 is 6.16 Å². The van der Waals surface area contributed by atoms with E-state index in [0.717, 1.165) is 28.4 Å². The van der Waals surface area contributed by atoms with Gasteiger partial charge in [0.15, 0.2) is 11.5 Å². The van der Waals surface area contributed by atoms with Gasteiger partial charge in [-0.3, -0.25) is 0 Å². The number of benzene rings is 4. The molecule has 43 heavy (non-hydrogen) atoms. The number of hydrogen-bond acceptors (Lipinski definition) is 9. The van der Waals surface area contributed by atoms with Crippen molar-refractivity contribution in [2.75, 3.05) is 21.3 Å². The summed E-state index contributed by atoms with van der Waals surface area (Å²) in [6.07, 6.45) is -1.45. The van der Waals surface area contributed by atoms with Crippen LogP contribution in [-0.4, -0.2) is 45.9 Å². The average molecular weight is 598 g/mol. The van der Waals surface area contributed by atoms with Crippen molar-refractivity contribution < 1.29 is 33.6 Å². The van der Waals surface area contributed by atoms with E-state index in [2.05, 4.69) is 8.75 Å². The highest BCUT2D eigenvalue weighted by atomic mass is 32.1. The monoisotopic (exact) mass is 597 g/mol.